The van der Waals surface area contributed by atoms with Gasteiger partial charge in [-0.25, -0.2) is 0 Å². The first kappa shape index (κ1) is 24.7. The summed E-state index contributed by atoms with van der Waals surface area (Å²) >= 11 is 0. The highest BCUT2D eigenvalue weighted by molar-refractivity contribution is 5.69. The standard InChI is InChI=1S/C29H44N2O/c1-4-6-8-10-11-23(3)32-27-17-18-28(29(21-27)26-19-20-30-31-22-26)25-15-13-24(14-16-25)12-9-7-5-2/h17-25H,4-16H2,1-3H3/t23-,24?,25?/m1/s1. The van der Waals surface area contributed by atoms with Crippen LogP contribution in [0.25, 0.3) is 11.1 Å². The number of hydrogen-bond acceptors (Lipinski definition) is 3. The number of rotatable bonds is 13. The van der Waals surface area contributed by atoms with Gasteiger partial charge in [0.05, 0.1) is 18.5 Å². The van der Waals surface area contributed by atoms with Gasteiger partial charge >= 0.3 is 0 Å². The smallest absolute Gasteiger partial charge is 0.120 e. The maximum atomic E-state index is 6.33. The van der Waals surface area contributed by atoms with E-state index < -0.39 is 0 Å². The molecule has 0 unspecified atom stereocenters. The lowest BCUT2D eigenvalue weighted by Gasteiger charge is -2.30. The van der Waals surface area contributed by atoms with Crippen molar-refractivity contribution in [1.82, 2.24) is 10.2 Å². The molecular weight excluding hydrogens is 392 g/mol. The number of benzene rings is 1. The third-order valence-electron chi connectivity index (χ3n) is 7.22. The van der Waals surface area contributed by atoms with E-state index in [1.54, 1.807) is 6.20 Å². The summed E-state index contributed by atoms with van der Waals surface area (Å²) in [5.41, 5.74) is 3.90. The van der Waals surface area contributed by atoms with Crippen molar-refractivity contribution in [3.05, 3.63) is 42.2 Å². The third-order valence-corrected chi connectivity index (χ3v) is 7.22. The van der Waals surface area contributed by atoms with Crippen molar-refractivity contribution < 1.29 is 4.74 Å². The van der Waals surface area contributed by atoms with Gasteiger partial charge in [0.1, 0.15) is 5.75 Å². The number of hydrogen-bond donors (Lipinski definition) is 0. The first-order valence-electron chi connectivity index (χ1n) is 13.3. The van der Waals surface area contributed by atoms with Crippen molar-refractivity contribution >= 4 is 0 Å². The Bertz CT molecular complexity index is 768. The van der Waals surface area contributed by atoms with Gasteiger partial charge in [-0.15, -0.1) is 0 Å². The van der Waals surface area contributed by atoms with Crippen LogP contribution in [0, 0.1) is 5.92 Å². The molecule has 32 heavy (non-hydrogen) atoms. The molecule has 0 aliphatic heterocycles. The molecule has 1 aliphatic carbocycles. The summed E-state index contributed by atoms with van der Waals surface area (Å²) in [5, 5.41) is 8.16. The highest BCUT2D eigenvalue weighted by atomic mass is 16.5. The molecule has 176 valence electrons. The van der Waals surface area contributed by atoms with Crippen LogP contribution in [-0.2, 0) is 0 Å². The second-order valence-electron chi connectivity index (χ2n) is 9.87. The second kappa shape index (κ2) is 13.6. The van der Waals surface area contributed by atoms with Crippen LogP contribution in [0.3, 0.4) is 0 Å². The van der Waals surface area contributed by atoms with Crippen LogP contribution < -0.4 is 4.74 Å². The summed E-state index contributed by atoms with van der Waals surface area (Å²) in [4.78, 5) is 0. The molecule has 3 nitrogen and oxygen atoms in total. The topological polar surface area (TPSA) is 35.0 Å². The van der Waals surface area contributed by atoms with Crippen molar-refractivity contribution in [2.75, 3.05) is 0 Å². The van der Waals surface area contributed by atoms with Crippen LogP contribution in [-0.4, -0.2) is 16.3 Å². The molecule has 1 aliphatic rings. The van der Waals surface area contributed by atoms with Gasteiger partial charge in [0.15, 0.2) is 0 Å². The number of nitrogens with zero attached hydrogens (tertiary/aromatic N) is 2. The molecule has 1 atom stereocenters. The van der Waals surface area contributed by atoms with Crippen molar-refractivity contribution in [2.45, 2.75) is 116 Å². The van der Waals surface area contributed by atoms with Gasteiger partial charge < -0.3 is 4.74 Å². The van der Waals surface area contributed by atoms with Crippen molar-refractivity contribution in [3.63, 3.8) is 0 Å². The van der Waals surface area contributed by atoms with Crippen molar-refractivity contribution in [2.24, 2.45) is 5.92 Å². The Balaban J connectivity index is 1.68. The second-order valence-corrected chi connectivity index (χ2v) is 9.87. The molecule has 3 rings (SSSR count). The lowest BCUT2D eigenvalue weighted by Crippen LogP contribution is -2.15. The Morgan fingerprint density at radius 2 is 1.69 bits per heavy atom. The number of unbranched alkanes of at least 4 members (excludes halogenated alkanes) is 5. The molecule has 0 spiro atoms. The fraction of sp³-hybridized carbons (Fsp3) is 0.655. The third kappa shape index (κ3) is 7.60. The monoisotopic (exact) mass is 436 g/mol. The van der Waals surface area contributed by atoms with E-state index in [0.29, 0.717) is 5.92 Å². The Morgan fingerprint density at radius 3 is 2.41 bits per heavy atom. The van der Waals surface area contributed by atoms with Gasteiger partial charge in [-0.05, 0) is 86.6 Å². The molecule has 0 radical (unpaired) electrons. The molecule has 3 heteroatoms. The minimum absolute atomic E-state index is 0.250. The minimum Gasteiger partial charge on any atom is -0.491 e. The molecule has 0 amide bonds. The lowest BCUT2D eigenvalue weighted by molar-refractivity contribution is 0.206. The summed E-state index contributed by atoms with van der Waals surface area (Å²) in [5.74, 6) is 2.55. The van der Waals surface area contributed by atoms with E-state index in [1.807, 2.05) is 6.20 Å². The quantitative estimate of drug-likeness (QED) is 0.294. The Labute approximate surface area is 196 Å². The van der Waals surface area contributed by atoms with E-state index in [2.05, 4.69) is 55.2 Å². The Kier molecular flexibility index (Phi) is 10.5. The van der Waals surface area contributed by atoms with Crippen LogP contribution in [0.5, 0.6) is 5.75 Å². The lowest BCUT2D eigenvalue weighted by atomic mass is 9.75. The van der Waals surface area contributed by atoms with Gasteiger partial charge in [-0.2, -0.15) is 10.2 Å². The molecule has 1 aromatic heterocycles. The Hall–Kier alpha value is -1.90. The van der Waals surface area contributed by atoms with E-state index >= 15 is 0 Å². The van der Waals surface area contributed by atoms with E-state index in [-0.39, 0.29) is 6.10 Å². The fourth-order valence-corrected chi connectivity index (χ4v) is 5.26. The van der Waals surface area contributed by atoms with Crippen molar-refractivity contribution in [1.29, 1.82) is 0 Å². The van der Waals surface area contributed by atoms with E-state index in [0.717, 1.165) is 23.7 Å². The summed E-state index contributed by atoms with van der Waals surface area (Å²) < 4.78 is 6.33. The summed E-state index contributed by atoms with van der Waals surface area (Å²) in [6.07, 6.45) is 21.1. The number of aromatic nitrogens is 2. The average Bonchev–Trinajstić information content (AvgIpc) is 2.83. The highest BCUT2D eigenvalue weighted by Crippen LogP contribution is 2.42. The molecule has 0 N–H and O–H groups in total. The summed E-state index contributed by atoms with van der Waals surface area (Å²) in [6, 6.07) is 8.86. The molecular formula is C29H44N2O. The van der Waals surface area contributed by atoms with Crippen LogP contribution in [0.4, 0.5) is 0 Å². The zero-order chi connectivity index (χ0) is 22.6. The fourth-order valence-electron chi connectivity index (χ4n) is 5.26. The molecule has 1 aromatic carbocycles. The zero-order valence-electron chi connectivity index (χ0n) is 20.7. The molecule has 0 bridgehead atoms. The summed E-state index contributed by atoms with van der Waals surface area (Å²) in [6.45, 7) is 6.76. The van der Waals surface area contributed by atoms with Gasteiger partial charge in [-0.3, -0.25) is 0 Å². The van der Waals surface area contributed by atoms with E-state index in [1.165, 1.54) is 88.2 Å². The Morgan fingerprint density at radius 1 is 0.906 bits per heavy atom. The van der Waals surface area contributed by atoms with Gasteiger partial charge in [0, 0.05) is 5.56 Å². The van der Waals surface area contributed by atoms with E-state index in [4.69, 9.17) is 4.74 Å². The predicted octanol–water partition coefficient (Wildman–Crippen LogP) is 8.74. The predicted molar refractivity (Wildman–Crippen MR) is 135 cm³/mol. The minimum atomic E-state index is 0.250. The van der Waals surface area contributed by atoms with E-state index in [9.17, 15) is 0 Å². The average molecular weight is 437 g/mol. The van der Waals surface area contributed by atoms with Crippen LogP contribution in [0.2, 0.25) is 0 Å². The van der Waals surface area contributed by atoms with Gasteiger partial charge in [0.25, 0.3) is 0 Å². The van der Waals surface area contributed by atoms with Crippen LogP contribution in [0.15, 0.2) is 36.7 Å². The van der Waals surface area contributed by atoms with Crippen LogP contribution >= 0.6 is 0 Å². The van der Waals surface area contributed by atoms with Gasteiger partial charge in [-0.1, -0.05) is 64.9 Å². The molecule has 0 saturated heterocycles. The number of ether oxygens (including phenoxy) is 1. The van der Waals surface area contributed by atoms with Gasteiger partial charge in [0.2, 0.25) is 0 Å². The molecule has 1 fully saturated rings. The maximum Gasteiger partial charge on any atom is 0.120 e. The largest absolute Gasteiger partial charge is 0.491 e. The first-order valence-corrected chi connectivity index (χ1v) is 13.3. The first-order chi connectivity index (χ1) is 15.7. The highest BCUT2D eigenvalue weighted by Gasteiger charge is 2.24. The SMILES string of the molecule is CCCCCC[C@@H](C)Oc1ccc(C2CCC(CCCCC)CC2)c(-c2ccnnc2)c1. The molecule has 2 aromatic rings. The van der Waals surface area contributed by atoms with Crippen LogP contribution in [0.1, 0.15) is 116 Å². The normalized spacial score (nSPS) is 19.6. The molecule has 1 heterocycles. The zero-order valence-corrected chi connectivity index (χ0v) is 20.7. The maximum absolute atomic E-state index is 6.33. The summed E-state index contributed by atoms with van der Waals surface area (Å²) in [7, 11) is 0. The van der Waals surface area contributed by atoms with Crippen molar-refractivity contribution in [3.8, 4) is 16.9 Å². The molecule has 1 saturated carbocycles.